The van der Waals surface area contributed by atoms with Gasteiger partial charge in [-0.25, -0.2) is 0 Å². The first-order valence-corrected chi connectivity index (χ1v) is 16.9. The number of aromatic nitrogens is 1. The molecule has 7 nitrogen and oxygen atoms in total. The number of benzene rings is 2. The van der Waals surface area contributed by atoms with E-state index in [1.165, 1.54) is 33.5 Å². The summed E-state index contributed by atoms with van der Waals surface area (Å²) in [7, 11) is 0. The van der Waals surface area contributed by atoms with Crippen molar-refractivity contribution in [1.82, 2.24) is 15.2 Å². The van der Waals surface area contributed by atoms with Crippen LogP contribution < -0.4 is 15.8 Å². The van der Waals surface area contributed by atoms with Gasteiger partial charge in [-0.15, -0.1) is 0 Å². The molecule has 0 atom stereocenters. The predicted molar refractivity (Wildman–Crippen MR) is 174 cm³/mol. The van der Waals surface area contributed by atoms with Crippen LogP contribution in [0.25, 0.3) is 11.1 Å². The second-order valence-electron chi connectivity index (χ2n) is 11.8. The fourth-order valence-electron chi connectivity index (χ4n) is 6.37. The minimum Gasteiger partial charge on any atom is -0.616 e. The quantitative estimate of drug-likeness (QED) is 0.329. The first-order chi connectivity index (χ1) is 20.3. The maximum Gasteiger partial charge on any atom is 0.252 e. The summed E-state index contributed by atoms with van der Waals surface area (Å²) in [5, 5.41) is 3.57. The number of hydrogen-bond donors (Lipinski definition) is 2. The van der Waals surface area contributed by atoms with Crippen molar-refractivity contribution in [2.45, 2.75) is 66.2 Å². The minimum atomic E-state index is -0.688. The largest absolute Gasteiger partial charge is 0.616 e. The molecule has 2 aliphatic heterocycles. The van der Waals surface area contributed by atoms with Gasteiger partial charge in [0.05, 0.1) is 13.2 Å². The highest BCUT2D eigenvalue weighted by Crippen LogP contribution is 2.34. The van der Waals surface area contributed by atoms with Crippen molar-refractivity contribution in [1.29, 1.82) is 0 Å². The van der Waals surface area contributed by atoms with Crippen molar-refractivity contribution in [3.63, 3.8) is 0 Å². The van der Waals surface area contributed by atoms with Crippen LogP contribution in [0, 0.1) is 20.8 Å². The van der Waals surface area contributed by atoms with Crippen molar-refractivity contribution in [3.05, 3.63) is 86.3 Å². The highest BCUT2D eigenvalue weighted by molar-refractivity contribution is 7.91. The van der Waals surface area contributed by atoms with Gasteiger partial charge < -0.3 is 24.5 Å². The van der Waals surface area contributed by atoms with Crippen molar-refractivity contribution >= 4 is 16.9 Å². The Morgan fingerprint density at radius 1 is 1.02 bits per heavy atom. The van der Waals surface area contributed by atoms with Crippen LogP contribution in [-0.2, 0) is 35.5 Å². The fourth-order valence-corrected chi connectivity index (χ4v) is 7.64. The maximum atomic E-state index is 12.6. The third-order valence-electron chi connectivity index (χ3n) is 8.84. The zero-order valence-corrected chi connectivity index (χ0v) is 26.4. The molecule has 8 heteroatoms. The summed E-state index contributed by atoms with van der Waals surface area (Å²) in [6.07, 6.45) is 1.92. The van der Waals surface area contributed by atoms with Crippen LogP contribution in [0.2, 0.25) is 0 Å². The van der Waals surface area contributed by atoms with Gasteiger partial charge in [0, 0.05) is 75.1 Å². The highest BCUT2D eigenvalue weighted by atomic mass is 32.2. The van der Waals surface area contributed by atoms with E-state index in [0.29, 0.717) is 19.1 Å². The standard InChI is InChI=1S/C34H46N4O3S/c1-5-38(31-10-16-42(40)17-11-31)33-20-29(28-8-6-27(7-9-28)23-37-12-14-41-15-13-37)19-30(26(33)4)21-35-22-32-24(2)18-25(3)36-34(32)39/h6-9,18-20,31,35H,5,10-17,21-23H2,1-4H3,(H,36,39). The lowest BCUT2D eigenvalue weighted by Crippen LogP contribution is -2.41. The Morgan fingerprint density at radius 3 is 2.40 bits per heavy atom. The Kier molecular flexibility index (Phi) is 10.4. The first kappa shape index (κ1) is 30.8. The molecule has 0 saturated carbocycles. The van der Waals surface area contributed by atoms with E-state index >= 15 is 0 Å². The molecule has 0 aliphatic carbocycles. The average molecular weight is 591 g/mol. The van der Waals surface area contributed by atoms with Gasteiger partial charge >= 0.3 is 0 Å². The first-order valence-electron chi connectivity index (χ1n) is 15.4. The topological polar surface area (TPSA) is 83.7 Å². The summed E-state index contributed by atoms with van der Waals surface area (Å²) in [6, 6.07) is 16.1. The minimum absolute atomic E-state index is 0.0184. The third kappa shape index (κ3) is 7.47. The summed E-state index contributed by atoms with van der Waals surface area (Å²) in [4.78, 5) is 20.5. The second-order valence-corrected chi connectivity index (χ2v) is 13.5. The van der Waals surface area contributed by atoms with E-state index in [0.717, 1.165) is 80.6 Å². The smallest absolute Gasteiger partial charge is 0.252 e. The molecular formula is C34H46N4O3S. The Hall–Kier alpha value is -2.62. The average Bonchev–Trinajstić information content (AvgIpc) is 2.98. The van der Waals surface area contributed by atoms with E-state index in [2.05, 4.69) is 70.3 Å². The van der Waals surface area contributed by atoms with Crippen LogP contribution in [0.3, 0.4) is 0 Å². The molecule has 2 aliphatic rings. The van der Waals surface area contributed by atoms with Crippen molar-refractivity contribution in [3.8, 4) is 11.1 Å². The molecule has 0 bridgehead atoms. The molecule has 2 saturated heterocycles. The Morgan fingerprint density at radius 2 is 1.74 bits per heavy atom. The zero-order chi connectivity index (χ0) is 29.6. The van der Waals surface area contributed by atoms with E-state index < -0.39 is 11.2 Å². The molecule has 2 fully saturated rings. The van der Waals surface area contributed by atoms with Crippen LogP contribution in [-0.4, -0.2) is 64.8 Å². The highest BCUT2D eigenvalue weighted by Gasteiger charge is 2.28. The Balaban J connectivity index is 1.42. The number of hydrogen-bond acceptors (Lipinski definition) is 6. The Bertz CT molecular complexity index is 1390. The molecule has 0 spiro atoms. The number of H-pyrrole nitrogens is 1. The summed E-state index contributed by atoms with van der Waals surface area (Å²) in [5.74, 6) is 1.56. The molecule has 42 heavy (non-hydrogen) atoms. The molecule has 0 radical (unpaired) electrons. The number of pyridine rings is 1. The van der Waals surface area contributed by atoms with Gasteiger partial charge in [-0.1, -0.05) is 35.4 Å². The maximum absolute atomic E-state index is 12.6. The van der Waals surface area contributed by atoms with Gasteiger partial charge in [-0.3, -0.25) is 9.69 Å². The summed E-state index contributed by atoms with van der Waals surface area (Å²) in [5.41, 5.74) is 10.1. The number of nitrogens with zero attached hydrogens (tertiary/aromatic N) is 2. The summed E-state index contributed by atoms with van der Waals surface area (Å²) >= 11 is -0.688. The third-order valence-corrected chi connectivity index (χ3v) is 10.2. The van der Waals surface area contributed by atoms with Gasteiger partial charge in [0.25, 0.3) is 5.56 Å². The molecule has 226 valence electrons. The number of morpholine rings is 1. The van der Waals surface area contributed by atoms with E-state index in [1.54, 1.807) is 0 Å². The molecule has 3 heterocycles. The number of nitrogens with one attached hydrogen (secondary N) is 2. The van der Waals surface area contributed by atoms with Gasteiger partial charge in [0.15, 0.2) is 0 Å². The zero-order valence-electron chi connectivity index (χ0n) is 25.6. The number of anilines is 1. The lowest BCUT2D eigenvalue weighted by Gasteiger charge is -2.37. The van der Waals surface area contributed by atoms with E-state index in [9.17, 15) is 9.35 Å². The van der Waals surface area contributed by atoms with Crippen LogP contribution in [0.5, 0.6) is 0 Å². The van der Waals surface area contributed by atoms with E-state index in [1.807, 2.05) is 19.9 Å². The predicted octanol–water partition coefficient (Wildman–Crippen LogP) is 4.83. The van der Waals surface area contributed by atoms with Crippen molar-refractivity contribution < 1.29 is 9.29 Å². The molecule has 5 rings (SSSR count). The van der Waals surface area contributed by atoms with Gasteiger partial charge in [-0.2, -0.15) is 0 Å². The molecule has 3 aromatic rings. The van der Waals surface area contributed by atoms with Gasteiger partial charge in [0.2, 0.25) is 0 Å². The summed E-state index contributed by atoms with van der Waals surface area (Å²) < 4.78 is 17.6. The molecular weight excluding hydrogens is 544 g/mol. The van der Waals surface area contributed by atoms with Crippen molar-refractivity contribution in [2.75, 3.05) is 49.3 Å². The molecule has 0 unspecified atom stereocenters. The number of aromatic amines is 1. The van der Waals surface area contributed by atoms with Crippen LogP contribution in [0.1, 0.15) is 53.3 Å². The lowest BCUT2D eigenvalue weighted by molar-refractivity contribution is 0.0342. The van der Waals surface area contributed by atoms with Gasteiger partial charge in [0.1, 0.15) is 11.5 Å². The Labute approximate surface area is 253 Å². The molecule has 2 aromatic carbocycles. The molecule has 0 amide bonds. The molecule has 2 N–H and O–H groups in total. The number of aryl methyl sites for hydroxylation is 2. The van der Waals surface area contributed by atoms with Gasteiger partial charge in [-0.05, 0) is 79.3 Å². The number of rotatable bonds is 10. The monoisotopic (exact) mass is 590 g/mol. The SMILES string of the molecule is CCN(c1cc(-c2ccc(CN3CCOCC3)cc2)cc(CNCc2c(C)cc(C)[nH]c2=O)c1C)C1CC[S+]([O-])CC1. The van der Waals surface area contributed by atoms with Crippen LogP contribution in [0.15, 0.2) is 47.3 Å². The van der Waals surface area contributed by atoms with E-state index in [4.69, 9.17) is 4.74 Å². The van der Waals surface area contributed by atoms with Crippen LogP contribution >= 0.6 is 0 Å². The molecule has 1 aromatic heterocycles. The number of ether oxygens (including phenoxy) is 1. The van der Waals surface area contributed by atoms with Crippen LogP contribution in [0.4, 0.5) is 5.69 Å². The fraction of sp³-hybridized carbons (Fsp3) is 0.500. The second kappa shape index (κ2) is 14.2. The van der Waals surface area contributed by atoms with Crippen molar-refractivity contribution in [2.24, 2.45) is 0 Å². The normalized spacial score (nSPS) is 19.6. The van der Waals surface area contributed by atoms with E-state index in [-0.39, 0.29) is 5.56 Å². The lowest BCUT2D eigenvalue weighted by atomic mass is 9.95. The summed E-state index contributed by atoms with van der Waals surface area (Å²) in [6.45, 7) is 15.0.